The molecule has 0 heterocycles. The van der Waals surface area contributed by atoms with Crippen molar-refractivity contribution in [1.82, 2.24) is 0 Å². The van der Waals surface area contributed by atoms with Crippen LogP contribution in [0.4, 0.5) is 0 Å². The van der Waals surface area contributed by atoms with Crippen LogP contribution in [0.25, 0.3) is 0 Å². The Morgan fingerprint density at radius 2 is 1.82 bits per heavy atom. The first-order chi connectivity index (χ1) is 7.91. The highest BCUT2D eigenvalue weighted by Gasteiger charge is 2.34. The molecule has 1 aliphatic rings. The molecular formula is C15H31NO. The average molecular weight is 241 g/mol. The lowest BCUT2D eigenvalue weighted by molar-refractivity contribution is -0.0780. The summed E-state index contributed by atoms with van der Waals surface area (Å²) in [6, 6.07) is 0. The second-order valence-corrected chi connectivity index (χ2v) is 6.90. The minimum atomic E-state index is -0.00306. The van der Waals surface area contributed by atoms with E-state index in [1.165, 1.54) is 19.3 Å². The fraction of sp³-hybridized carbons (Fsp3) is 1.00. The fourth-order valence-corrected chi connectivity index (χ4v) is 2.59. The second kappa shape index (κ2) is 6.19. The minimum Gasteiger partial charge on any atom is -0.374 e. The summed E-state index contributed by atoms with van der Waals surface area (Å²) in [5, 5.41) is 0. The highest BCUT2D eigenvalue weighted by molar-refractivity contribution is 4.88. The number of hydrogen-bond donors (Lipinski definition) is 1. The molecule has 17 heavy (non-hydrogen) atoms. The second-order valence-electron chi connectivity index (χ2n) is 6.90. The number of rotatable bonds is 5. The van der Waals surface area contributed by atoms with Gasteiger partial charge in [0.05, 0.1) is 5.60 Å². The van der Waals surface area contributed by atoms with Gasteiger partial charge in [0.2, 0.25) is 0 Å². The predicted octanol–water partition coefficient (Wildman–Crippen LogP) is 3.74. The minimum absolute atomic E-state index is 0.00306. The number of nitrogens with two attached hydrogens (primary N) is 1. The van der Waals surface area contributed by atoms with Crippen LogP contribution in [0.15, 0.2) is 0 Å². The molecular weight excluding hydrogens is 210 g/mol. The fourth-order valence-electron chi connectivity index (χ4n) is 2.59. The van der Waals surface area contributed by atoms with E-state index in [1.807, 2.05) is 0 Å². The average Bonchev–Trinajstić information content (AvgIpc) is 2.28. The van der Waals surface area contributed by atoms with Gasteiger partial charge < -0.3 is 10.5 Å². The van der Waals surface area contributed by atoms with Gasteiger partial charge in [-0.05, 0) is 43.4 Å². The zero-order chi connectivity index (χ0) is 12.9. The Hall–Kier alpha value is -0.0800. The Kier molecular flexibility index (Phi) is 5.46. The smallest absolute Gasteiger partial charge is 0.0804 e. The maximum absolute atomic E-state index is 6.16. The first-order valence-corrected chi connectivity index (χ1v) is 7.25. The van der Waals surface area contributed by atoms with Gasteiger partial charge in [0, 0.05) is 13.2 Å². The van der Waals surface area contributed by atoms with Crippen LogP contribution >= 0.6 is 0 Å². The van der Waals surface area contributed by atoms with Crippen LogP contribution in [0.5, 0.6) is 0 Å². The third kappa shape index (κ3) is 4.97. The van der Waals surface area contributed by atoms with E-state index in [0.717, 1.165) is 31.8 Å². The molecule has 0 unspecified atom stereocenters. The third-order valence-corrected chi connectivity index (χ3v) is 4.23. The summed E-state index contributed by atoms with van der Waals surface area (Å²) in [6.07, 6.45) is 7.33. The molecule has 2 nitrogen and oxygen atoms in total. The molecule has 1 aliphatic carbocycles. The van der Waals surface area contributed by atoms with Crippen LogP contribution in [0.1, 0.15) is 66.2 Å². The Morgan fingerprint density at radius 1 is 1.24 bits per heavy atom. The predicted molar refractivity (Wildman–Crippen MR) is 74.1 cm³/mol. The van der Waals surface area contributed by atoms with Crippen LogP contribution in [-0.2, 0) is 4.74 Å². The van der Waals surface area contributed by atoms with Gasteiger partial charge in [0.1, 0.15) is 0 Å². The first kappa shape index (κ1) is 15.0. The summed E-state index contributed by atoms with van der Waals surface area (Å²) in [7, 11) is 0. The normalized spacial score (nSPS) is 30.5. The maximum atomic E-state index is 6.16. The van der Waals surface area contributed by atoms with Crippen molar-refractivity contribution in [3.63, 3.8) is 0 Å². The Bertz CT molecular complexity index is 211. The number of ether oxygens (including phenoxy) is 1. The molecule has 0 aromatic carbocycles. The first-order valence-electron chi connectivity index (χ1n) is 7.25. The monoisotopic (exact) mass is 241 g/mol. The van der Waals surface area contributed by atoms with Gasteiger partial charge in [-0.2, -0.15) is 0 Å². The van der Waals surface area contributed by atoms with Gasteiger partial charge in [0.25, 0.3) is 0 Å². The Balaban J connectivity index is 2.37. The lowest BCUT2D eigenvalue weighted by atomic mass is 9.77. The van der Waals surface area contributed by atoms with Crippen LogP contribution < -0.4 is 5.73 Å². The molecule has 0 saturated heterocycles. The van der Waals surface area contributed by atoms with Crippen molar-refractivity contribution in [3.8, 4) is 0 Å². The molecule has 1 rings (SSSR count). The highest BCUT2D eigenvalue weighted by Crippen LogP contribution is 2.36. The number of hydrogen-bond acceptors (Lipinski definition) is 2. The van der Waals surface area contributed by atoms with Gasteiger partial charge >= 0.3 is 0 Å². The molecule has 1 saturated carbocycles. The van der Waals surface area contributed by atoms with Gasteiger partial charge in [-0.25, -0.2) is 0 Å². The largest absolute Gasteiger partial charge is 0.374 e. The highest BCUT2D eigenvalue weighted by atomic mass is 16.5. The molecule has 0 spiro atoms. The third-order valence-electron chi connectivity index (χ3n) is 4.23. The molecule has 0 aromatic rings. The van der Waals surface area contributed by atoms with Gasteiger partial charge in [-0.15, -0.1) is 0 Å². The molecule has 0 amide bonds. The van der Waals surface area contributed by atoms with Gasteiger partial charge in [0.15, 0.2) is 0 Å². The molecule has 2 N–H and O–H groups in total. The molecule has 102 valence electrons. The summed E-state index contributed by atoms with van der Waals surface area (Å²) in [4.78, 5) is 0. The van der Waals surface area contributed by atoms with E-state index < -0.39 is 0 Å². The van der Waals surface area contributed by atoms with E-state index in [4.69, 9.17) is 10.5 Å². The maximum Gasteiger partial charge on any atom is 0.0804 e. The SMILES string of the molecule is CCC1CCC(CN)(OCCC(C)(C)C)CC1. The van der Waals surface area contributed by atoms with E-state index >= 15 is 0 Å². The summed E-state index contributed by atoms with van der Waals surface area (Å²) < 4.78 is 6.16. The van der Waals surface area contributed by atoms with Crippen molar-refractivity contribution in [1.29, 1.82) is 0 Å². The Labute approximate surface area is 107 Å². The summed E-state index contributed by atoms with van der Waals surface area (Å²) >= 11 is 0. The Morgan fingerprint density at radius 3 is 2.24 bits per heavy atom. The quantitative estimate of drug-likeness (QED) is 0.796. The summed E-state index contributed by atoms with van der Waals surface area (Å²) in [5.41, 5.74) is 6.30. The van der Waals surface area contributed by atoms with Crippen molar-refractivity contribution < 1.29 is 4.74 Å². The van der Waals surface area contributed by atoms with Crippen LogP contribution in [-0.4, -0.2) is 18.8 Å². The lowest BCUT2D eigenvalue weighted by Gasteiger charge is -2.39. The van der Waals surface area contributed by atoms with E-state index in [-0.39, 0.29) is 5.60 Å². The summed E-state index contributed by atoms with van der Waals surface area (Å²) in [5.74, 6) is 0.904. The van der Waals surface area contributed by atoms with Crippen LogP contribution in [0, 0.1) is 11.3 Å². The van der Waals surface area contributed by atoms with E-state index in [9.17, 15) is 0 Å². The lowest BCUT2D eigenvalue weighted by Crippen LogP contribution is -2.44. The van der Waals surface area contributed by atoms with Crippen molar-refractivity contribution in [2.24, 2.45) is 17.1 Å². The van der Waals surface area contributed by atoms with Crippen molar-refractivity contribution in [2.75, 3.05) is 13.2 Å². The zero-order valence-electron chi connectivity index (χ0n) is 12.2. The molecule has 2 heteroatoms. The zero-order valence-corrected chi connectivity index (χ0v) is 12.2. The van der Waals surface area contributed by atoms with Crippen LogP contribution in [0.2, 0.25) is 0 Å². The van der Waals surface area contributed by atoms with E-state index in [2.05, 4.69) is 27.7 Å². The molecule has 1 fully saturated rings. The molecule has 0 aliphatic heterocycles. The van der Waals surface area contributed by atoms with E-state index in [1.54, 1.807) is 0 Å². The van der Waals surface area contributed by atoms with Crippen molar-refractivity contribution in [3.05, 3.63) is 0 Å². The van der Waals surface area contributed by atoms with Gasteiger partial charge in [-0.3, -0.25) is 0 Å². The van der Waals surface area contributed by atoms with E-state index in [0.29, 0.717) is 12.0 Å². The topological polar surface area (TPSA) is 35.2 Å². The van der Waals surface area contributed by atoms with Crippen molar-refractivity contribution in [2.45, 2.75) is 71.8 Å². The molecule has 0 atom stereocenters. The summed E-state index contributed by atoms with van der Waals surface area (Å²) in [6.45, 7) is 10.6. The molecule has 0 bridgehead atoms. The molecule has 0 radical (unpaired) electrons. The van der Waals surface area contributed by atoms with Gasteiger partial charge in [-0.1, -0.05) is 34.1 Å². The van der Waals surface area contributed by atoms with Crippen molar-refractivity contribution >= 4 is 0 Å². The van der Waals surface area contributed by atoms with Crippen LogP contribution in [0.3, 0.4) is 0 Å². The standard InChI is InChI=1S/C15H31NO/c1-5-13-6-8-15(12-16,9-7-13)17-11-10-14(2,3)4/h13H,5-12,16H2,1-4H3. The molecule has 0 aromatic heterocycles.